The zero-order valence-electron chi connectivity index (χ0n) is 14.9. The van der Waals surface area contributed by atoms with E-state index < -0.39 is 23.8 Å². The van der Waals surface area contributed by atoms with Crippen molar-refractivity contribution >= 4 is 23.7 Å². The predicted molar refractivity (Wildman–Crippen MR) is 89.9 cm³/mol. The van der Waals surface area contributed by atoms with Crippen LogP contribution >= 0.6 is 0 Å². The molecule has 1 atom stereocenters. The average molecular weight is 336 g/mol. The van der Waals surface area contributed by atoms with Crippen molar-refractivity contribution in [3.05, 3.63) is 29.8 Å². The van der Waals surface area contributed by atoms with E-state index in [1.165, 1.54) is 24.0 Å². The van der Waals surface area contributed by atoms with Gasteiger partial charge in [0.05, 0.1) is 5.56 Å². The van der Waals surface area contributed by atoms with Crippen molar-refractivity contribution in [2.75, 3.05) is 19.4 Å². The summed E-state index contributed by atoms with van der Waals surface area (Å²) < 4.78 is 10.3. The first-order chi connectivity index (χ1) is 11.0. The van der Waals surface area contributed by atoms with Crippen LogP contribution in [0.15, 0.2) is 24.3 Å². The second-order valence-electron chi connectivity index (χ2n) is 6.49. The molecule has 0 bridgehead atoms. The van der Waals surface area contributed by atoms with Crippen LogP contribution in [-0.2, 0) is 14.3 Å². The van der Waals surface area contributed by atoms with Crippen LogP contribution in [0.1, 0.15) is 38.1 Å². The van der Waals surface area contributed by atoms with E-state index in [-0.39, 0.29) is 11.5 Å². The number of esters is 1. The maximum atomic E-state index is 12.1. The Morgan fingerprint density at radius 2 is 1.79 bits per heavy atom. The fourth-order valence-corrected chi connectivity index (χ4v) is 1.79. The molecular formula is C17H24N2O5. The van der Waals surface area contributed by atoms with Crippen molar-refractivity contribution in [3.8, 4) is 0 Å². The highest BCUT2D eigenvalue weighted by Gasteiger charge is 2.21. The quantitative estimate of drug-likeness (QED) is 0.855. The number of hydrogen-bond donors (Lipinski definition) is 1. The SMILES string of the molecule is C[C@@H](OC(=O)c1cccc(NC(=O)OC(C)(C)C)c1)C(=O)N(C)C. The van der Waals surface area contributed by atoms with Crippen LogP contribution in [0.25, 0.3) is 0 Å². The van der Waals surface area contributed by atoms with Crippen LogP contribution in [0.3, 0.4) is 0 Å². The first-order valence-electron chi connectivity index (χ1n) is 7.52. The van der Waals surface area contributed by atoms with Crippen molar-refractivity contribution in [1.82, 2.24) is 4.90 Å². The molecule has 2 amide bonds. The largest absolute Gasteiger partial charge is 0.449 e. The molecule has 1 N–H and O–H groups in total. The van der Waals surface area contributed by atoms with Gasteiger partial charge >= 0.3 is 12.1 Å². The van der Waals surface area contributed by atoms with Gasteiger partial charge in [0.2, 0.25) is 0 Å². The minimum absolute atomic E-state index is 0.224. The highest BCUT2D eigenvalue weighted by atomic mass is 16.6. The molecule has 0 radical (unpaired) electrons. The van der Waals surface area contributed by atoms with E-state index in [9.17, 15) is 14.4 Å². The van der Waals surface area contributed by atoms with Gasteiger partial charge in [0.25, 0.3) is 5.91 Å². The number of benzene rings is 1. The molecule has 1 aromatic rings. The molecule has 0 fully saturated rings. The predicted octanol–water partition coefficient (Wildman–Crippen LogP) is 2.67. The topological polar surface area (TPSA) is 84.9 Å². The monoisotopic (exact) mass is 336 g/mol. The molecule has 1 rings (SSSR count). The van der Waals surface area contributed by atoms with Crippen LogP contribution < -0.4 is 5.32 Å². The third-order valence-electron chi connectivity index (χ3n) is 2.82. The molecule has 7 nitrogen and oxygen atoms in total. The van der Waals surface area contributed by atoms with Crippen molar-refractivity contribution < 1.29 is 23.9 Å². The van der Waals surface area contributed by atoms with Gasteiger partial charge in [-0.25, -0.2) is 9.59 Å². The number of hydrogen-bond acceptors (Lipinski definition) is 5. The molecule has 0 aromatic heterocycles. The Balaban J connectivity index is 2.76. The number of amides is 2. The highest BCUT2D eigenvalue weighted by molar-refractivity contribution is 5.94. The van der Waals surface area contributed by atoms with Gasteiger partial charge in [0, 0.05) is 19.8 Å². The van der Waals surface area contributed by atoms with E-state index in [4.69, 9.17) is 9.47 Å². The smallest absolute Gasteiger partial charge is 0.412 e. The Bertz CT molecular complexity index is 620. The second-order valence-corrected chi connectivity index (χ2v) is 6.49. The summed E-state index contributed by atoms with van der Waals surface area (Å²) >= 11 is 0. The fourth-order valence-electron chi connectivity index (χ4n) is 1.79. The summed E-state index contributed by atoms with van der Waals surface area (Å²) in [5.41, 5.74) is -0.00460. The second kappa shape index (κ2) is 7.81. The maximum absolute atomic E-state index is 12.1. The molecular weight excluding hydrogens is 312 g/mol. The zero-order valence-corrected chi connectivity index (χ0v) is 14.9. The molecule has 0 unspecified atom stereocenters. The summed E-state index contributed by atoms with van der Waals surface area (Å²) in [5, 5.41) is 2.54. The van der Waals surface area contributed by atoms with E-state index in [2.05, 4.69) is 5.32 Å². The zero-order chi connectivity index (χ0) is 18.5. The van der Waals surface area contributed by atoms with Gasteiger partial charge in [-0.15, -0.1) is 0 Å². The number of likely N-dealkylation sites (N-methyl/N-ethyl adjacent to an activating group) is 1. The van der Waals surface area contributed by atoms with Gasteiger partial charge in [0.15, 0.2) is 6.10 Å². The van der Waals surface area contributed by atoms with Gasteiger partial charge < -0.3 is 14.4 Å². The van der Waals surface area contributed by atoms with Crippen LogP contribution in [0, 0.1) is 0 Å². The van der Waals surface area contributed by atoms with Crippen LogP contribution in [0.5, 0.6) is 0 Å². The molecule has 0 aliphatic heterocycles. The molecule has 24 heavy (non-hydrogen) atoms. The fraction of sp³-hybridized carbons (Fsp3) is 0.471. The Kier molecular flexibility index (Phi) is 6.34. The van der Waals surface area contributed by atoms with Gasteiger partial charge in [-0.2, -0.15) is 0 Å². The molecule has 0 saturated carbocycles. The van der Waals surface area contributed by atoms with Crippen molar-refractivity contribution in [1.29, 1.82) is 0 Å². The van der Waals surface area contributed by atoms with Crippen LogP contribution in [0.4, 0.5) is 10.5 Å². The average Bonchev–Trinajstić information content (AvgIpc) is 2.44. The number of carbonyl (C=O) groups is 3. The number of rotatable bonds is 4. The maximum Gasteiger partial charge on any atom is 0.412 e. The summed E-state index contributed by atoms with van der Waals surface area (Å²) in [5.74, 6) is -0.961. The summed E-state index contributed by atoms with van der Waals surface area (Å²) in [4.78, 5) is 36.9. The number of nitrogens with zero attached hydrogens (tertiary/aromatic N) is 1. The Morgan fingerprint density at radius 3 is 2.33 bits per heavy atom. The lowest BCUT2D eigenvalue weighted by Crippen LogP contribution is -2.34. The standard InChI is InChI=1S/C17H24N2O5/c1-11(14(20)19(5)6)23-15(21)12-8-7-9-13(10-12)18-16(22)24-17(2,3)4/h7-11H,1-6H3,(H,18,22)/t11-/m1/s1. The number of ether oxygens (including phenoxy) is 2. The Morgan fingerprint density at radius 1 is 1.17 bits per heavy atom. The number of carbonyl (C=O) groups excluding carboxylic acids is 3. The minimum Gasteiger partial charge on any atom is -0.449 e. The summed E-state index contributed by atoms with van der Waals surface area (Å²) in [6, 6.07) is 6.21. The molecule has 0 spiro atoms. The van der Waals surface area contributed by atoms with Crippen molar-refractivity contribution in [2.24, 2.45) is 0 Å². The Hall–Kier alpha value is -2.57. The summed E-state index contributed by atoms with van der Waals surface area (Å²) in [6.07, 6.45) is -1.51. The lowest BCUT2D eigenvalue weighted by Gasteiger charge is -2.20. The lowest BCUT2D eigenvalue weighted by molar-refractivity contribution is -0.137. The third kappa shape index (κ3) is 6.28. The number of nitrogens with one attached hydrogen (secondary N) is 1. The molecule has 132 valence electrons. The van der Waals surface area contributed by atoms with Gasteiger partial charge in [0.1, 0.15) is 5.60 Å². The molecule has 7 heteroatoms. The van der Waals surface area contributed by atoms with E-state index in [1.54, 1.807) is 47.0 Å². The van der Waals surface area contributed by atoms with Crippen LogP contribution in [-0.4, -0.2) is 48.7 Å². The van der Waals surface area contributed by atoms with Crippen LogP contribution in [0.2, 0.25) is 0 Å². The van der Waals surface area contributed by atoms with Gasteiger partial charge in [-0.3, -0.25) is 10.1 Å². The minimum atomic E-state index is -0.894. The number of anilines is 1. The van der Waals surface area contributed by atoms with E-state index in [0.29, 0.717) is 5.69 Å². The van der Waals surface area contributed by atoms with Gasteiger partial charge in [-0.1, -0.05) is 6.07 Å². The van der Waals surface area contributed by atoms with E-state index in [1.807, 2.05) is 0 Å². The molecule has 0 aliphatic rings. The van der Waals surface area contributed by atoms with E-state index in [0.717, 1.165) is 0 Å². The molecule has 0 saturated heterocycles. The third-order valence-corrected chi connectivity index (χ3v) is 2.82. The normalized spacial score (nSPS) is 12.1. The Labute approximate surface area is 141 Å². The lowest BCUT2D eigenvalue weighted by atomic mass is 10.2. The first kappa shape index (κ1) is 19.5. The van der Waals surface area contributed by atoms with E-state index >= 15 is 0 Å². The molecule has 0 aliphatic carbocycles. The molecule has 1 aromatic carbocycles. The first-order valence-corrected chi connectivity index (χ1v) is 7.52. The molecule has 0 heterocycles. The van der Waals surface area contributed by atoms with Gasteiger partial charge in [-0.05, 0) is 45.9 Å². The van der Waals surface area contributed by atoms with Crippen molar-refractivity contribution in [2.45, 2.75) is 39.4 Å². The highest BCUT2D eigenvalue weighted by Crippen LogP contribution is 2.15. The summed E-state index contributed by atoms with van der Waals surface area (Å²) in [6.45, 7) is 6.76. The summed E-state index contributed by atoms with van der Waals surface area (Å²) in [7, 11) is 3.16. The van der Waals surface area contributed by atoms with Crippen molar-refractivity contribution in [3.63, 3.8) is 0 Å².